The van der Waals surface area contributed by atoms with Gasteiger partial charge in [-0.3, -0.25) is 10.1 Å². The van der Waals surface area contributed by atoms with Crippen LogP contribution in [0.3, 0.4) is 0 Å². The maximum atomic E-state index is 10.9. The predicted octanol–water partition coefficient (Wildman–Crippen LogP) is 5.72. The van der Waals surface area contributed by atoms with Gasteiger partial charge in [0.05, 0.1) is 11.5 Å². The highest BCUT2D eigenvalue weighted by atomic mass is 32.2. The Morgan fingerprint density at radius 2 is 1.66 bits per heavy atom. The number of nitro groups is 1. The van der Waals surface area contributed by atoms with E-state index in [1.54, 1.807) is 23.9 Å². The fraction of sp³-hybridized carbons (Fsp3) is 0.222. The van der Waals surface area contributed by atoms with Crippen LogP contribution in [-0.4, -0.2) is 40.3 Å². The standard InChI is InChI=1S/C27H26N8O2S/c1-2-3-8-25-28-31-27(38-18-20-11-15-22(16-12-20)35(36)37)34(25)17-19-9-13-21(14-10-19)23-6-4-5-7-24(23)26-29-32-33-30-26/h4-7,9-16H,2-3,8,17-18H2,1H3,(H,29,30,32,33). The number of nitro benzene ring substituents is 1. The number of nitrogens with one attached hydrogen (secondary N) is 1. The second-order valence-electron chi connectivity index (χ2n) is 8.78. The van der Waals surface area contributed by atoms with Crippen molar-refractivity contribution >= 4 is 17.4 Å². The lowest BCUT2D eigenvalue weighted by atomic mass is 9.98. The summed E-state index contributed by atoms with van der Waals surface area (Å²) >= 11 is 1.59. The molecule has 192 valence electrons. The fourth-order valence-electron chi connectivity index (χ4n) is 4.14. The monoisotopic (exact) mass is 526 g/mol. The van der Waals surface area contributed by atoms with Gasteiger partial charge in [-0.05, 0) is 33.9 Å². The predicted molar refractivity (Wildman–Crippen MR) is 145 cm³/mol. The van der Waals surface area contributed by atoms with E-state index >= 15 is 0 Å². The normalized spacial score (nSPS) is 11.1. The van der Waals surface area contributed by atoms with Gasteiger partial charge in [0, 0.05) is 29.9 Å². The molecular weight excluding hydrogens is 500 g/mol. The molecule has 0 spiro atoms. The lowest BCUT2D eigenvalue weighted by Crippen LogP contribution is -2.07. The number of aromatic amines is 1. The molecule has 0 fully saturated rings. The summed E-state index contributed by atoms with van der Waals surface area (Å²) in [6.45, 7) is 2.82. The summed E-state index contributed by atoms with van der Waals surface area (Å²) in [7, 11) is 0. The van der Waals surface area contributed by atoms with Crippen molar-refractivity contribution in [2.75, 3.05) is 0 Å². The van der Waals surface area contributed by atoms with Crippen LogP contribution in [0.1, 0.15) is 36.7 Å². The van der Waals surface area contributed by atoms with E-state index in [1.165, 1.54) is 12.1 Å². The summed E-state index contributed by atoms with van der Waals surface area (Å²) in [5.74, 6) is 2.17. The van der Waals surface area contributed by atoms with E-state index < -0.39 is 0 Å². The molecule has 2 heterocycles. The SMILES string of the molecule is CCCCc1nnc(SCc2ccc([N+](=O)[O-])cc2)n1Cc1ccc(-c2ccccc2-c2nn[nH]n2)cc1. The van der Waals surface area contributed by atoms with E-state index in [9.17, 15) is 10.1 Å². The van der Waals surface area contributed by atoms with Crippen LogP contribution in [0, 0.1) is 10.1 Å². The molecule has 11 heteroatoms. The Kier molecular flexibility index (Phi) is 7.84. The van der Waals surface area contributed by atoms with Gasteiger partial charge in [-0.1, -0.05) is 85.8 Å². The molecule has 0 aliphatic heterocycles. The average molecular weight is 527 g/mol. The molecule has 0 bridgehead atoms. The first-order valence-corrected chi connectivity index (χ1v) is 13.3. The summed E-state index contributed by atoms with van der Waals surface area (Å²) in [4.78, 5) is 10.6. The average Bonchev–Trinajstić information content (AvgIpc) is 3.62. The minimum Gasteiger partial charge on any atom is -0.302 e. The van der Waals surface area contributed by atoms with Crippen LogP contribution in [0.4, 0.5) is 5.69 Å². The zero-order valence-electron chi connectivity index (χ0n) is 20.8. The van der Waals surface area contributed by atoms with Crippen molar-refractivity contribution in [3.05, 3.63) is 99.9 Å². The third-order valence-electron chi connectivity index (χ3n) is 6.18. The van der Waals surface area contributed by atoms with Crippen LogP contribution in [0.25, 0.3) is 22.5 Å². The molecule has 3 aromatic carbocycles. The van der Waals surface area contributed by atoms with Gasteiger partial charge in [0.2, 0.25) is 5.82 Å². The summed E-state index contributed by atoms with van der Waals surface area (Å²) in [5.41, 5.74) is 5.24. The Balaban J connectivity index is 1.35. The smallest absolute Gasteiger partial charge is 0.269 e. The molecule has 0 aliphatic carbocycles. The lowest BCUT2D eigenvalue weighted by molar-refractivity contribution is -0.384. The second kappa shape index (κ2) is 11.8. The number of H-pyrrole nitrogens is 1. The van der Waals surface area contributed by atoms with Gasteiger partial charge in [0.25, 0.3) is 5.69 Å². The van der Waals surface area contributed by atoms with Crippen LogP contribution in [-0.2, 0) is 18.7 Å². The van der Waals surface area contributed by atoms with Crippen molar-refractivity contribution in [1.29, 1.82) is 0 Å². The Labute approximate surface area is 223 Å². The molecule has 0 atom stereocenters. The number of unbranched alkanes of at least 4 members (excludes halogenated alkanes) is 1. The second-order valence-corrected chi connectivity index (χ2v) is 9.72. The van der Waals surface area contributed by atoms with E-state index in [4.69, 9.17) is 0 Å². The van der Waals surface area contributed by atoms with Crippen molar-refractivity contribution in [2.45, 2.75) is 43.6 Å². The number of rotatable bonds is 11. The molecule has 0 saturated heterocycles. The summed E-state index contributed by atoms with van der Waals surface area (Å²) < 4.78 is 2.17. The minimum absolute atomic E-state index is 0.0899. The van der Waals surface area contributed by atoms with Gasteiger partial charge < -0.3 is 4.57 Å². The molecule has 0 aliphatic rings. The maximum absolute atomic E-state index is 10.9. The van der Waals surface area contributed by atoms with Gasteiger partial charge >= 0.3 is 0 Å². The Morgan fingerprint density at radius 3 is 2.34 bits per heavy atom. The molecule has 10 nitrogen and oxygen atoms in total. The number of tetrazole rings is 1. The minimum atomic E-state index is -0.386. The Morgan fingerprint density at radius 1 is 0.921 bits per heavy atom. The highest BCUT2D eigenvalue weighted by Gasteiger charge is 2.15. The zero-order valence-corrected chi connectivity index (χ0v) is 21.6. The molecule has 2 aromatic heterocycles. The first-order chi connectivity index (χ1) is 18.6. The van der Waals surface area contributed by atoms with E-state index in [1.807, 2.05) is 18.2 Å². The number of nitrogens with zero attached hydrogens (tertiary/aromatic N) is 7. The molecule has 0 saturated carbocycles. The van der Waals surface area contributed by atoms with Gasteiger partial charge in [0.15, 0.2) is 5.16 Å². The Bertz CT molecular complexity index is 1500. The first kappa shape index (κ1) is 25.3. The number of aromatic nitrogens is 7. The van der Waals surface area contributed by atoms with Gasteiger partial charge in [-0.2, -0.15) is 5.21 Å². The van der Waals surface area contributed by atoms with Crippen molar-refractivity contribution in [3.8, 4) is 22.5 Å². The number of aryl methyl sites for hydroxylation is 1. The zero-order chi connectivity index (χ0) is 26.3. The van der Waals surface area contributed by atoms with Crippen LogP contribution >= 0.6 is 11.8 Å². The number of benzene rings is 3. The number of hydrogen-bond donors (Lipinski definition) is 1. The summed E-state index contributed by atoms with van der Waals surface area (Å²) in [6.07, 6.45) is 2.97. The van der Waals surface area contributed by atoms with E-state index in [-0.39, 0.29) is 10.6 Å². The third kappa shape index (κ3) is 5.78. The Hall–Kier alpha value is -4.38. The van der Waals surface area contributed by atoms with Gasteiger partial charge in [-0.25, -0.2) is 0 Å². The highest BCUT2D eigenvalue weighted by Crippen LogP contribution is 2.30. The van der Waals surface area contributed by atoms with Gasteiger partial charge in [0.1, 0.15) is 5.82 Å². The first-order valence-electron chi connectivity index (χ1n) is 12.3. The largest absolute Gasteiger partial charge is 0.302 e. The van der Waals surface area contributed by atoms with E-state index in [2.05, 4.69) is 72.6 Å². The van der Waals surface area contributed by atoms with Crippen molar-refractivity contribution in [3.63, 3.8) is 0 Å². The fourth-order valence-corrected chi connectivity index (χ4v) is 5.06. The van der Waals surface area contributed by atoms with E-state index in [0.29, 0.717) is 18.1 Å². The number of non-ortho nitro benzene ring substituents is 1. The highest BCUT2D eigenvalue weighted by molar-refractivity contribution is 7.98. The lowest BCUT2D eigenvalue weighted by Gasteiger charge is -2.12. The van der Waals surface area contributed by atoms with Crippen molar-refractivity contribution < 1.29 is 4.92 Å². The van der Waals surface area contributed by atoms with E-state index in [0.717, 1.165) is 58.1 Å². The molecule has 1 N–H and O–H groups in total. The molecule has 0 radical (unpaired) electrons. The van der Waals surface area contributed by atoms with Gasteiger partial charge in [-0.15, -0.1) is 20.4 Å². The van der Waals surface area contributed by atoms with Crippen LogP contribution in [0.2, 0.25) is 0 Å². The molecule has 0 amide bonds. The third-order valence-corrected chi connectivity index (χ3v) is 7.22. The molecular formula is C27H26N8O2S. The van der Waals surface area contributed by atoms with Crippen LogP contribution < -0.4 is 0 Å². The molecule has 5 aromatic rings. The molecule has 0 unspecified atom stereocenters. The van der Waals surface area contributed by atoms with Crippen molar-refractivity contribution in [1.82, 2.24) is 35.4 Å². The van der Waals surface area contributed by atoms with Crippen LogP contribution in [0.15, 0.2) is 78.0 Å². The topological polar surface area (TPSA) is 128 Å². The maximum Gasteiger partial charge on any atom is 0.269 e. The van der Waals surface area contributed by atoms with Crippen LogP contribution in [0.5, 0.6) is 0 Å². The number of hydrogen-bond acceptors (Lipinski definition) is 8. The number of thioether (sulfide) groups is 1. The molecule has 5 rings (SSSR count). The van der Waals surface area contributed by atoms with Crippen molar-refractivity contribution in [2.24, 2.45) is 0 Å². The molecule has 38 heavy (non-hydrogen) atoms. The summed E-state index contributed by atoms with van der Waals surface area (Å²) in [6, 6.07) is 23.1. The summed E-state index contributed by atoms with van der Waals surface area (Å²) in [5, 5.41) is 35.2. The quantitative estimate of drug-likeness (QED) is 0.132.